The minimum Gasteiger partial charge on any atom is -0.493 e. The Hall–Kier alpha value is -1.26. The van der Waals surface area contributed by atoms with Gasteiger partial charge in [0.25, 0.3) is 0 Å². The smallest absolute Gasteiger partial charge is 0.161 e. The van der Waals surface area contributed by atoms with Crippen LogP contribution in [0.15, 0.2) is 18.2 Å². The van der Waals surface area contributed by atoms with Gasteiger partial charge in [-0.3, -0.25) is 0 Å². The minimum atomic E-state index is 0.233. The summed E-state index contributed by atoms with van der Waals surface area (Å²) < 4.78 is 16.8. The Morgan fingerprint density at radius 2 is 2.00 bits per heavy atom. The first kappa shape index (κ1) is 15.1. The molecule has 0 atom stereocenters. The maximum absolute atomic E-state index is 6.09. The van der Waals surface area contributed by atoms with Crippen LogP contribution < -0.4 is 15.2 Å². The molecule has 2 N–H and O–H groups in total. The van der Waals surface area contributed by atoms with Gasteiger partial charge in [-0.15, -0.1) is 0 Å². The highest BCUT2D eigenvalue weighted by Crippen LogP contribution is 2.31. The number of rotatable bonds is 7. The van der Waals surface area contributed by atoms with Gasteiger partial charge >= 0.3 is 0 Å². The van der Waals surface area contributed by atoms with Crippen molar-refractivity contribution in [2.45, 2.75) is 38.2 Å². The molecule has 0 aromatic heterocycles. The molecule has 1 aromatic carbocycles. The van der Waals surface area contributed by atoms with E-state index in [4.69, 9.17) is 19.9 Å². The third kappa shape index (κ3) is 4.39. The Kier molecular flexibility index (Phi) is 6.15. The lowest BCUT2D eigenvalue weighted by atomic mass is 10.1. The number of benzene rings is 1. The van der Waals surface area contributed by atoms with E-state index in [1.165, 1.54) is 5.56 Å². The van der Waals surface area contributed by atoms with E-state index in [1.54, 1.807) is 7.11 Å². The molecule has 0 amide bonds. The van der Waals surface area contributed by atoms with E-state index < -0.39 is 0 Å². The monoisotopic (exact) mass is 279 g/mol. The zero-order chi connectivity index (χ0) is 14.2. The molecule has 0 radical (unpaired) electrons. The molecule has 4 nitrogen and oxygen atoms in total. The zero-order valence-corrected chi connectivity index (χ0v) is 12.3. The molecule has 1 saturated heterocycles. The van der Waals surface area contributed by atoms with Crippen molar-refractivity contribution in [1.82, 2.24) is 0 Å². The number of hydrogen-bond donors (Lipinski definition) is 1. The molecule has 1 aliphatic heterocycles. The molecule has 112 valence electrons. The summed E-state index contributed by atoms with van der Waals surface area (Å²) in [5.74, 6) is 1.66. The van der Waals surface area contributed by atoms with Gasteiger partial charge < -0.3 is 19.9 Å². The van der Waals surface area contributed by atoms with E-state index >= 15 is 0 Å². The lowest BCUT2D eigenvalue weighted by Gasteiger charge is -2.24. The Morgan fingerprint density at radius 1 is 1.20 bits per heavy atom. The van der Waals surface area contributed by atoms with E-state index in [-0.39, 0.29) is 6.10 Å². The number of aryl methyl sites for hydroxylation is 1. The highest BCUT2D eigenvalue weighted by molar-refractivity contribution is 5.43. The van der Waals surface area contributed by atoms with E-state index in [1.807, 2.05) is 6.07 Å². The van der Waals surface area contributed by atoms with Gasteiger partial charge in [0.1, 0.15) is 6.10 Å². The molecule has 2 rings (SSSR count). The second kappa shape index (κ2) is 8.12. The van der Waals surface area contributed by atoms with Crippen molar-refractivity contribution >= 4 is 0 Å². The lowest BCUT2D eigenvalue weighted by molar-refractivity contribution is 0.0245. The van der Waals surface area contributed by atoms with Crippen molar-refractivity contribution in [3.05, 3.63) is 23.8 Å². The van der Waals surface area contributed by atoms with Crippen molar-refractivity contribution in [3.8, 4) is 11.5 Å². The summed E-state index contributed by atoms with van der Waals surface area (Å²) in [7, 11) is 1.68. The molecule has 1 heterocycles. The summed E-state index contributed by atoms with van der Waals surface area (Å²) in [6, 6.07) is 6.20. The topological polar surface area (TPSA) is 53.7 Å². The van der Waals surface area contributed by atoms with Crippen molar-refractivity contribution in [3.63, 3.8) is 0 Å². The van der Waals surface area contributed by atoms with Crippen molar-refractivity contribution in [2.75, 3.05) is 26.9 Å². The molecular weight excluding hydrogens is 254 g/mol. The third-order valence-electron chi connectivity index (χ3n) is 3.61. The highest BCUT2D eigenvalue weighted by Gasteiger charge is 2.17. The number of unbranched alkanes of at least 4 members (excludes halogenated alkanes) is 1. The average Bonchev–Trinajstić information content (AvgIpc) is 2.49. The number of ether oxygens (including phenoxy) is 3. The molecule has 0 unspecified atom stereocenters. The van der Waals surface area contributed by atoms with Gasteiger partial charge in [0.05, 0.1) is 20.3 Å². The van der Waals surface area contributed by atoms with Crippen molar-refractivity contribution < 1.29 is 14.2 Å². The van der Waals surface area contributed by atoms with Crippen LogP contribution in [0.2, 0.25) is 0 Å². The summed E-state index contributed by atoms with van der Waals surface area (Å²) in [6.07, 6.45) is 5.32. The van der Waals surface area contributed by atoms with Gasteiger partial charge in [0.15, 0.2) is 11.5 Å². The molecule has 4 heteroatoms. The van der Waals surface area contributed by atoms with Gasteiger partial charge in [0, 0.05) is 12.8 Å². The van der Waals surface area contributed by atoms with Gasteiger partial charge in [0.2, 0.25) is 0 Å². The number of hydrogen-bond acceptors (Lipinski definition) is 4. The first-order valence-corrected chi connectivity index (χ1v) is 7.45. The molecule has 0 spiro atoms. The molecule has 1 fully saturated rings. The zero-order valence-electron chi connectivity index (χ0n) is 12.3. The van der Waals surface area contributed by atoms with Crippen LogP contribution in [0.25, 0.3) is 0 Å². The molecule has 0 aliphatic carbocycles. The largest absolute Gasteiger partial charge is 0.493 e. The molecule has 1 aromatic rings. The summed E-state index contributed by atoms with van der Waals surface area (Å²) >= 11 is 0. The quantitative estimate of drug-likeness (QED) is 0.779. The standard InChI is InChI=1S/C16H25NO3/c1-18-15-6-5-13(4-2-3-9-17)12-16(15)20-14-7-10-19-11-8-14/h5-6,12,14H,2-4,7-11,17H2,1H3. The Balaban J connectivity index is 2.01. The molecule has 0 saturated carbocycles. The van der Waals surface area contributed by atoms with Gasteiger partial charge in [-0.25, -0.2) is 0 Å². The second-order valence-electron chi connectivity index (χ2n) is 5.16. The van der Waals surface area contributed by atoms with Crippen LogP contribution in [-0.2, 0) is 11.2 Å². The van der Waals surface area contributed by atoms with Crippen LogP contribution in [0, 0.1) is 0 Å². The highest BCUT2D eigenvalue weighted by atomic mass is 16.5. The maximum Gasteiger partial charge on any atom is 0.161 e. The van der Waals surface area contributed by atoms with Gasteiger partial charge in [-0.1, -0.05) is 6.07 Å². The lowest BCUT2D eigenvalue weighted by Crippen LogP contribution is -2.26. The summed E-state index contributed by atoms with van der Waals surface area (Å²) in [4.78, 5) is 0. The first-order chi connectivity index (χ1) is 9.83. The fourth-order valence-electron chi connectivity index (χ4n) is 2.42. The van der Waals surface area contributed by atoms with E-state index in [9.17, 15) is 0 Å². The van der Waals surface area contributed by atoms with Crippen LogP contribution in [0.3, 0.4) is 0 Å². The van der Waals surface area contributed by atoms with Crippen LogP contribution >= 0.6 is 0 Å². The fraction of sp³-hybridized carbons (Fsp3) is 0.625. The Morgan fingerprint density at radius 3 is 2.70 bits per heavy atom. The third-order valence-corrected chi connectivity index (χ3v) is 3.61. The maximum atomic E-state index is 6.09. The number of methoxy groups -OCH3 is 1. The Bertz CT molecular complexity index is 403. The molecule has 20 heavy (non-hydrogen) atoms. The molecule has 0 bridgehead atoms. The normalized spacial score (nSPS) is 16.1. The fourth-order valence-corrected chi connectivity index (χ4v) is 2.42. The van der Waals surface area contributed by atoms with Crippen LogP contribution in [0.4, 0.5) is 0 Å². The van der Waals surface area contributed by atoms with Gasteiger partial charge in [-0.2, -0.15) is 0 Å². The molecule has 1 aliphatic rings. The van der Waals surface area contributed by atoms with E-state index in [2.05, 4.69) is 12.1 Å². The summed E-state index contributed by atoms with van der Waals surface area (Å²) in [5.41, 5.74) is 6.81. The minimum absolute atomic E-state index is 0.233. The van der Waals surface area contributed by atoms with Crippen LogP contribution in [0.5, 0.6) is 11.5 Å². The summed E-state index contributed by atoms with van der Waals surface area (Å²) in [5, 5.41) is 0. The van der Waals surface area contributed by atoms with Crippen molar-refractivity contribution in [2.24, 2.45) is 5.73 Å². The SMILES string of the molecule is COc1ccc(CCCCN)cc1OC1CCOCC1. The van der Waals surface area contributed by atoms with Crippen LogP contribution in [0.1, 0.15) is 31.2 Å². The van der Waals surface area contributed by atoms with Gasteiger partial charge in [-0.05, 0) is 43.5 Å². The molecular formula is C16H25NO3. The average molecular weight is 279 g/mol. The summed E-state index contributed by atoms with van der Waals surface area (Å²) in [6.45, 7) is 2.31. The van der Waals surface area contributed by atoms with E-state index in [0.29, 0.717) is 0 Å². The second-order valence-corrected chi connectivity index (χ2v) is 5.16. The van der Waals surface area contributed by atoms with Crippen LogP contribution in [-0.4, -0.2) is 33.0 Å². The van der Waals surface area contributed by atoms with E-state index in [0.717, 1.165) is 63.4 Å². The Labute approximate surface area is 121 Å². The van der Waals surface area contributed by atoms with Crippen molar-refractivity contribution in [1.29, 1.82) is 0 Å². The first-order valence-electron chi connectivity index (χ1n) is 7.45. The predicted molar refractivity (Wildman–Crippen MR) is 79.5 cm³/mol. The predicted octanol–water partition coefficient (Wildman–Crippen LogP) is 2.53. The number of nitrogens with two attached hydrogens (primary N) is 1.